The van der Waals surface area contributed by atoms with Crippen molar-refractivity contribution in [1.82, 2.24) is 14.8 Å². The minimum atomic E-state index is -0.561. The first-order chi connectivity index (χ1) is 19.4. The first kappa shape index (κ1) is 27.1. The van der Waals surface area contributed by atoms with E-state index in [4.69, 9.17) is 24.3 Å². The Morgan fingerprint density at radius 3 is 2.42 bits per heavy atom. The van der Waals surface area contributed by atoms with Crippen molar-refractivity contribution in [2.75, 3.05) is 32.0 Å². The summed E-state index contributed by atoms with van der Waals surface area (Å²) in [5.41, 5.74) is 5.09. The highest BCUT2D eigenvalue weighted by molar-refractivity contribution is 7.98. The van der Waals surface area contributed by atoms with E-state index in [1.165, 1.54) is 11.1 Å². The number of carbonyl (C=O) groups is 1. The lowest BCUT2D eigenvalue weighted by Crippen LogP contribution is -2.31. The van der Waals surface area contributed by atoms with E-state index in [0.29, 0.717) is 45.3 Å². The topological polar surface area (TPSA) is 99.5 Å². The normalized spacial score (nSPS) is 14.3. The smallest absolute Gasteiger partial charge is 0.255 e. The standard InChI is InChI=1S/C30H31N5O4S/c1-18-8-6-7-9-21(18)17-40-30-33-29-31-19(2)26(28(36)32-22-11-13-23(37-3)14-12-22)27(35(29)34-30)20-10-15-24(38-4)25(16-20)39-5/h6-16,27H,17H2,1-5H3,(H,32,36)(H,31,33,34). The van der Waals surface area contributed by atoms with Gasteiger partial charge in [0, 0.05) is 17.1 Å². The van der Waals surface area contributed by atoms with E-state index in [2.05, 4.69) is 29.7 Å². The quantitative estimate of drug-likeness (QED) is 0.248. The highest BCUT2D eigenvalue weighted by Gasteiger charge is 2.35. The van der Waals surface area contributed by atoms with E-state index in [1.54, 1.807) is 62.0 Å². The van der Waals surface area contributed by atoms with E-state index in [0.717, 1.165) is 11.3 Å². The molecule has 0 fully saturated rings. The van der Waals surface area contributed by atoms with Gasteiger partial charge in [0.2, 0.25) is 11.1 Å². The number of aryl methyl sites for hydroxylation is 1. The lowest BCUT2D eigenvalue weighted by molar-refractivity contribution is -0.113. The molecule has 2 N–H and O–H groups in total. The maximum atomic E-state index is 13.8. The molecular weight excluding hydrogens is 526 g/mol. The second-order valence-corrected chi connectivity index (χ2v) is 10.2. The number of hydrogen-bond donors (Lipinski definition) is 2. The molecule has 1 atom stereocenters. The zero-order chi connectivity index (χ0) is 28.2. The minimum absolute atomic E-state index is 0.259. The van der Waals surface area contributed by atoms with Crippen LogP contribution in [0.2, 0.25) is 0 Å². The Hall–Kier alpha value is -4.44. The van der Waals surface area contributed by atoms with Crippen LogP contribution in [0.4, 0.5) is 11.6 Å². The molecule has 0 saturated carbocycles. The highest BCUT2D eigenvalue weighted by atomic mass is 32.2. The third kappa shape index (κ3) is 5.48. The van der Waals surface area contributed by atoms with Crippen LogP contribution in [0, 0.1) is 6.92 Å². The van der Waals surface area contributed by atoms with Gasteiger partial charge >= 0.3 is 0 Å². The molecule has 1 amide bonds. The van der Waals surface area contributed by atoms with Gasteiger partial charge in [-0.05, 0) is 66.9 Å². The van der Waals surface area contributed by atoms with Crippen LogP contribution < -0.4 is 24.8 Å². The number of rotatable bonds is 9. The molecule has 0 bridgehead atoms. The number of benzene rings is 3. The molecule has 1 unspecified atom stereocenters. The van der Waals surface area contributed by atoms with Crippen molar-refractivity contribution in [2.24, 2.45) is 0 Å². The fourth-order valence-corrected chi connectivity index (χ4v) is 5.51. The van der Waals surface area contributed by atoms with Crippen LogP contribution in [0.15, 0.2) is 83.2 Å². The molecule has 1 aliphatic heterocycles. The van der Waals surface area contributed by atoms with Crippen molar-refractivity contribution in [3.05, 3.63) is 94.7 Å². The van der Waals surface area contributed by atoms with Crippen molar-refractivity contribution in [1.29, 1.82) is 0 Å². The van der Waals surface area contributed by atoms with E-state index >= 15 is 0 Å². The van der Waals surface area contributed by atoms with Crippen LogP contribution in [-0.4, -0.2) is 42.0 Å². The molecular formula is C30H31N5O4S. The number of amides is 1. The summed E-state index contributed by atoms with van der Waals surface area (Å²) in [6.07, 6.45) is 0. The number of nitrogens with one attached hydrogen (secondary N) is 2. The van der Waals surface area contributed by atoms with Crippen molar-refractivity contribution in [3.63, 3.8) is 0 Å². The molecule has 2 heterocycles. The summed E-state index contributed by atoms with van der Waals surface area (Å²) >= 11 is 1.55. The Balaban J connectivity index is 1.52. The predicted octanol–water partition coefficient (Wildman–Crippen LogP) is 5.83. The van der Waals surface area contributed by atoms with Crippen molar-refractivity contribution in [3.8, 4) is 17.2 Å². The minimum Gasteiger partial charge on any atom is -0.497 e. The molecule has 3 aromatic carbocycles. The number of hydrogen-bond acceptors (Lipinski definition) is 8. The van der Waals surface area contributed by atoms with Crippen LogP contribution in [0.1, 0.15) is 29.7 Å². The summed E-state index contributed by atoms with van der Waals surface area (Å²) < 4.78 is 18.0. The van der Waals surface area contributed by atoms with Gasteiger partial charge in [-0.3, -0.25) is 4.79 Å². The molecule has 0 aliphatic carbocycles. The van der Waals surface area contributed by atoms with E-state index < -0.39 is 6.04 Å². The average Bonchev–Trinajstić information content (AvgIpc) is 3.38. The summed E-state index contributed by atoms with van der Waals surface area (Å²) in [5, 5.41) is 11.8. The molecule has 10 heteroatoms. The van der Waals surface area contributed by atoms with Crippen LogP contribution in [0.5, 0.6) is 17.2 Å². The fraction of sp³-hybridized carbons (Fsp3) is 0.233. The number of allylic oxidation sites excluding steroid dienone is 1. The number of carbonyl (C=O) groups excluding carboxylic acids is 1. The largest absolute Gasteiger partial charge is 0.497 e. The Morgan fingerprint density at radius 1 is 0.975 bits per heavy atom. The Labute approximate surface area is 237 Å². The van der Waals surface area contributed by atoms with Gasteiger partial charge in [0.05, 0.1) is 26.9 Å². The SMILES string of the molecule is COc1ccc(NC(=O)C2=C(C)Nc3nc(SCc4ccccc4C)nn3C2c2ccc(OC)c(OC)c2)cc1. The van der Waals surface area contributed by atoms with Gasteiger partial charge in [-0.2, -0.15) is 4.98 Å². The number of fused-ring (bicyclic) bond motifs is 1. The first-order valence-corrected chi connectivity index (χ1v) is 13.7. The molecule has 0 spiro atoms. The summed E-state index contributed by atoms with van der Waals surface area (Å²) in [6, 6.07) is 20.5. The molecule has 0 radical (unpaired) electrons. The average molecular weight is 558 g/mol. The van der Waals surface area contributed by atoms with Crippen molar-refractivity contribution < 1.29 is 19.0 Å². The third-order valence-corrected chi connectivity index (χ3v) is 7.65. The maximum absolute atomic E-state index is 13.8. The Kier molecular flexibility index (Phi) is 7.97. The summed E-state index contributed by atoms with van der Waals surface area (Å²) in [7, 11) is 4.78. The fourth-order valence-electron chi connectivity index (χ4n) is 4.60. The van der Waals surface area contributed by atoms with Gasteiger partial charge in [-0.1, -0.05) is 42.1 Å². The van der Waals surface area contributed by atoms with Crippen molar-refractivity contribution >= 4 is 29.3 Å². The molecule has 0 saturated heterocycles. The van der Waals surface area contributed by atoms with Gasteiger partial charge in [-0.15, -0.1) is 5.10 Å². The molecule has 206 valence electrons. The van der Waals surface area contributed by atoms with Gasteiger partial charge < -0.3 is 24.8 Å². The number of nitrogens with zero attached hydrogens (tertiary/aromatic N) is 3. The molecule has 1 aromatic heterocycles. The lowest BCUT2D eigenvalue weighted by atomic mass is 9.94. The van der Waals surface area contributed by atoms with Crippen LogP contribution in [-0.2, 0) is 10.5 Å². The van der Waals surface area contributed by atoms with E-state index in [-0.39, 0.29) is 5.91 Å². The highest BCUT2D eigenvalue weighted by Crippen LogP contribution is 2.40. The molecule has 9 nitrogen and oxygen atoms in total. The monoisotopic (exact) mass is 557 g/mol. The summed E-state index contributed by atoms with van der Waals surface area (Å²) in [5.74, 6) is 2.89. The number of ether oxygens (including phenoxy) is 3. The zero-order valence-electron chi connectivity index (χ0n) is 23.0. The number of anilines is 2. The van der Waals surface area contributed by atoms with E-state index in [9.17, 15) is 4.79 Å². The molecule has 40 heavy (non-hydrogen) atoms. The van der Waals surface area contributed by atoms with Gasteiger partial charge in [0.15, 0.2) is 11.5 Å². The predicted molar refractivity (Wildman–Crippen MR) is 156 cm³/mol. The molecule has 1 aliphatic rings. The Bertz CT molecular complexity index is 1560. The lowest BCUT2D eigenvalue weighted by Gasteiger charge is -2.29. The van der Waals surface area contributed by atoms with Crippen molar-refractivity contribution in [2.45, 2.75) is 30.8 Å². The van der Waals surface area contributed by atoms with Crippen LogP contribution >= 0.6 is 11.8 Å². The number of thioether (sulfide) groups is 1. The summed E-state index contributed by atoms with van der Waals surface area (Å²) in [4.78, 5) is 18.6. The van der Waals surface area contributed by atoms with Gasteiger partial charge in [-0.25, -0.2) is 4.68 Å². The first-order valence-electron chi connectivity index (χ1n) is 12.7. The van der Waals surface area contributed by atoms with Gasteiger partial charge in [0.25, 0.3) is 5.91 Å². The maximum Gasteiger partial charge on any atom is 0.255 e. The second kappa shape index (κ2) is 11.7. The number of aromatic nitrogens is 3. The van der Waals surface area contributed by atoms with E-state index in [1.807, 2.05) is 37.3 Å². The third-order valence-electron chi connectivity index (χ3n) is 6.77. The molecule has 4 aromatic rings. The summed E-state index contributed by atoms with van der Waals surface area (Å²) in [6.45, 7) is 3.96. The zero-order valence-corrected chi connectivity index (χ0v) is 23.8. The van der Waals surface area contributed by atoms with Crippen LogP contribution in [0.3, 0.4) is 0 Å². The molecule has 5 rings (SSSR count). The number of methoxy groups -OCH3 is 3. The van der Waals surface area contributed by atoms with Gasteiger partial charge in [0.1, 0.15) is 11.8 Å². The van der Waals surface area contributed by atoms with Crippen LogP contribution in [0.25, 0.3) is 0 Å². The second-order valence-electron chi connectivity index (χ2n) is 9.24. The Morgan fingerprint density at radius 2 is 1.73 bits per heavy atom.